The Kier molecular flexibility index (Phi) is 4.65. The molecule has 2 N–H and O–H groups in total. The minimum absolute atomic E-state index is 0.272. The van der Waals surface area contributed by atoms with Crippen molar-refractivity contribution in [1.29, 1.82) is 0 Å². The number of carbonyl (C=O) groups is 2. The number of aromatic amines is 1. The third kappa shape index (κ3) is 3.44. The van der Waals surface area contributed by atoms with Crippen LogP contribution in [0.25, 0.3) is 0 Å². The summed E-state index contributed by atoms with van der Waals surface area (Å²) in [4.78, 5) is 27.0. The molecular formula is C15H15ClN2O3. The molecule has 0 aliphatic heterocycles. The summed E-state index contributed by atoms with van der Waals surface area (Å²) in [5.74, 6) is -0.793. The number of aryl methyl sites for hydroxylation is 1. The van der Waals surface area contributed by atoms with Crippen LogP contribution >= 0.6 is 11.6 Å². The summed E-state index contributed by atoms with van der Waals surface area (Å²) in [6, 6.07) is 6.48. The topological polar surface area (TPSA) is 71.2 Å². The highest BCUT2D eigenvalue weighted by Gasteiger charge is 2.19. The fourth-order valence-electron chi connectivity index (χ4n) is 1.89. The Morgan fingerprint density at radius 1 is 1.29 bits per heavy atom. The van der Waals surface area contributed by atoms with Crippen molar-refractivity contribution in [2.24, 2.45) is 0 Å². The van der Waals surface area contributed by atoms with Gasteiger partial charge in [-0.3, -0.25) is 4.79 Å². The fraction of sp³-hybridized carbons (Fsp3) is 0.200. The number of amides is 1. The Labute approximate surface area is 127 Å². The summed E-state index contributed by atoms with van der Waals surface area (Å²) < 4.78 is 4.98. The summed E-state index contributed by atoms with van der Waals surface area (Å²) >= 11 is 5.78. The highest BCUT2D eigenvalue weighted by Crippen LogP contribution is 2.21. The van der Waals surface area contributed by atoms with Gasteiger partial charge in [0.15, 0.2) is 0 Å². The summed E-state index contributed by atoms with van der Waals surface area (Å²) in [5, 5.41) is 3.24. The fourth-order valence-corrected chi connectivity index (χ4v) is 2.01. The Morgan fingerprint density at radius 2 is 1.95 bits per heavy atom. The Morgan fingerprint density at radius 3 is 2.57 bits per heavy atom. The Bertz CT molecular complexity index is 662. The minimum atomic E-state index is -0.470. The number of esters is 1. The molecule has 0 fully saturated rings. The van der Waals surface area contributed by atoms with E-state index in [1.165, 1.54) is 0 Å². The van der Waals surface area contributed by atoms with Gasteiger partial charge in [0.2, 0.25) is 0 Å². The third-order valence-electron chi connectivity index (χ3n) is 2.91. The first-order valence-electron chi connectivity index (χ1n) is 6.45. The molecule has 1 heterocycles. The van der Waals surface area contributed by atoms with E-state index < -0.39 is 5.97 Å². The quantitative estimate of drug-likeness (QED) is 0.850. The second-order valence-corrected chi connectivity index (χ2v) is 4.82. The summed E-state index contributed by atoms with van der Waals surface area (Å²) in [6.07, 6.45) is 1.56. The van der Waals surface area contributed by atoms with Crippen LogP contribution in [0.3, 0.4) is 0 Å². The third-order valence-corrected chi connectivity index (χ3v) is 3.16. The van der Waals surface area contributed by atoms with Crippen LogP contribution in [0, 0.1) is 6.92 Å². The van der Waals surface area contributed by atoms with Gasteiger partial charge in [-0.2, -0.15) is 0 Å². The molecule has 1 aromatic heterocycles. The Balaban J connectivity index is 2.22. The van der Waals surface area contributed by atoms with E-state index in [-0.39, 0.29) is 12.5 Å². The predicted molar refractivity (Wildman–Crippen MR) is 80.9 cm³/mol. The van der Waals surface area contributed by atoms with E-state index in [1.54, 1.807) is 44.3 Å². The number of nitrogens with one attached hydrogen (secondary N) is 2. The van der Waals surface area contributed by atoms with Crippen LogP contribution in [0.15, 0.2) is 30.5 Å². The lowest BCUT2D eigenvalue weighted by atomic mass is 10.2. The summed E-state index contributed by atoms with van der Waals surface area (Å²) in [7, 11) is 0. The largest absolute Gasteiger partial charge is 0.462 e. The van der Waals surface area contributed by atoms with Crippen molar-refractivity contribution >= 4 is 29.2 Å². The molecular weight excluding hydrogens is 292 g/mol. The summed E-state index contributed by atoms with van der Waals surface area (Å²) in [6.45, 7) is 3.74. The van der Waals surface area contributed by atoms with E-state index in [0.717, 1.165) is 0 Å². The number of halogens is 1. The molecule has 0 radical (unpaired) electrons. The molecule has 5 nitrogen and oxygen atoms in total. The van der Waals surface area contributed by atoms with Gasteiger partial charge < -0.3 is 15.0 Å². The van der Waals surface area contributed by atoms with E-state index in [2.05, 4.69) is 10.3 Å². The Hall–Kier alpha value is -2.27. The number of aromatic nitrogens is 1. The van der Waals surface area contributed by atoms with Crippen molar-refractivity contribution in [2.45, 2.75) is 13.8 Å². The number of carbonyl (C=O) groups excluding carboxylic acids is 2. The minimum Gasteiger partial charge on any atom is -0.462 e. The number of rotatable bonds is 4. The van der Waals surface area contributed by atoms with Crippen molar-refractivity contribution < 1.29 is 14.3 Å². The molecule has 0 saturated carbocycles. The maximum absolute atomic E-state index is 12.1. The highest BCUT2D eigenvalue weighted by molar-refractivity contribution is 6.30. The predicted octanol–water partition coefficient (Wildman–Crippen LogP) is 3.41. The molecule has 0 bridgehead atoms. The first-order chi connectivity index (χ1) is 10.0. The number of H-pyrrole nitrogens is 1. The number of ether oxygens (including phenoxy) is 1. The van der Waals surface area contributed by atoms with Crippen LogP contribution in [0.4, 0.5) is 5.69 Å². The molecule has 0 atom stereocenters. The lowest BCUT2D eigenvalue weighted by molar-refractivity contribution is 0.0527. The van der Waals surface area contributed by atoms with Crippen LogP contribution in [0.1, 0.15) is 33.3 Å². The molecule has 0 unspecified atom stereocenters. The standard InChI is InChI=1S/C15H15ClN2O3/c1-3-21-15(20)13-9(2)17-8-12(13)18-14(19)10-4-6-11(16)7-5-10/h4-8,17H,3H2,1-2H3,(H,18,19). The van der Waals surface area contributed by atoms with Crippen LogP contribution in [0.5, 0.6) is 0 Å². The van der Waals surface area contributed by atoms with E-state index in [9.17, 15) is 9.59 Å². The smallest absolute Gasteiger partial charge is 0.342 e. The van der Waals surface area contributed by atoms with Gasteiger partial charge in [-0.25, -0.2) is 4.79 Å². The van der Waals surface area contributed by atoms with Crippen molar-refractivity contribution in [3.05, 3.63) is 52.3 Å². The highest BCUT2D eigenvalue weighted by atomic mass is 35.5. The molecule has 0 aliphatic carbocycles. The van der Waals surface area contributed by atoms with E-state index in [4.69, 9.17) is 16.3 Å². The number of anilines is 1. The summed E-state index contributed by atoms with van der Waals surface area (Å²) in [5.41, 5.74) is 1.82. The van der Waals surface area contributed by atoms with Crippen LogP contribution in [-0.4, -0.2) is 23.5 Å². The van der Waals surface area contributed by atoms with Crippen molar-refractivity contribution in [1.82, 2.24) is 4.98 Å². The zero-order valence-electron chi connectivity index (χ0n) is 11.7. The van der Waals surface area contributed by atoms with Crippen molar-refractivity contribution in [2.75, 3.05) is 11.9 Å². The van der Waals surface area contributed by atoms with Gasteiger partial charge in [0.1, 0.15) is 5.56 Å². The maximum Gasteiger partial charge on any atom is 0.342 e. The lowest BCUT2D eigenvalue weighted by Gasteiger charge is -2.07. The molecule has 0 saturated heterocycles. The van der Waals surface area contributed by atoms with Gasteiger partial charge in [0, 0.05) is 22.5 Å². The molecule has 6 heteroatoms. The van der Waals surface area contributed by atoms with Gasteiger partial charge in [-0.1, -0.05) is 11.6 Å². The van der Waals surface area contributed by atoms with E-state index in [0.29, 0.717) is 27.5 Å². The zero-order valence-corrected chi connectivity index (χ0v) is 12.5. The number of hydrogen-bond acceptors (Lipinski definition) is 3. The van der Waals surface area contributed by atoms with Gasteiger partial charge in [0.25, 0.3) is 5.91 Å². The second-order valence-electron chi connectivity index (χ2n) is 4.38. The molecule has 21 heavy (non-hydrogen) atoms. The number of benzene rings is 1. The maximum atomic E-state index is 12.1. The SMILES string of the molecule is CCOC(=O)c1c(NC(=O)c2ccc(Cl)cc2)c[nH]c1C. The van der Waals surface area contributed by atoms with Gasteiger partial charge in [-0.05, 0) is 38.1 Å². The van der Waals surface area contributed by atoms with Crippen molar-refractivity contribution in [3.8, 4) is 0 Å². The first-order valence-corrected chi connectivity index (χ1v) is 6.82. The molecule has 110 valence electrons. The average Bonchev–Trinajstić information content (AvgIpc) is 2.80. The van der Waals surface area contributed by atoms with E-state index >= 15 is 0 Å². The molecule has 1 amide bonds. The van der Waals surface area contributed by atoms with Crippen molar-refractivity contribution in [3.63, 3.8) is 0 Å². The molecule has 1 aromatic carbocycles. The van der Waals surface area contributed by atoms with Gasteiger partial charge in [-0.15, -0.1) is 0 Å². The second kappa shape index (κ2) is 6.45. The lowest BCUT2D eigenvalue weighted by Crippen LogP contribution is -2.15. The van der Waals surface area contributed by atoms with Crippen LogP contribution in [-0.2, 0) is 4.74 Å². The van der Waals surface area contributed by atoms with Crippen LogP contribution in [0.2, 0.25) is 5.02 Å². The zero-order chi connectivity index (χ0) is 15.4. The number of hydrogen-bond donors (Lipinski definition) is 2. The molecule has 2 aromatic rings. The van der Waals surface area contributed by atoms with E-state index in [1.807, 2.05) is 0 Å². The first kappa shape index (κ1) is 15.1. The van der Waals surface area contributed by atoms with Gasteiger partial charge >= 0.3 is 5.97 Å². The molecule has 0 aliphatic rings. The van der Waals surface area contributed by atoms with Gasteiger partial charge in [0.05, 0.1) is 12.3 Å². The van der Waals surface area contributed by atoms with Crippen LogP contribution < -0.4 is 5.32 Å². The molecule has 0 spiro atoms. The average molecular weight is 307 g/mol. The molecule has 2 rings (SSSR count). The normalized spacial score (nSPS) is 10.2. The monoisotopic (exact) mass is 306 g/mol.